The Morgan fingerprint density at radius 3 is 2.50 bits per heavy atom. The Kier molecular flexibility index (Phi) is 7.17. The molecule has 1 unspecified atom stereocenters. The van der Waals surface area contributed by atoms with Crippen LogP contribution >= 0.6 is 11.3 Å². The first kappa shape index (κ1) is 22.0. The standard InChI is InChI=1S/C27H28N2O2S/c1-3-4-9-21(18-25(30)20-13-15-23(31-2)16-14-20)24-19-29(22-10-6-5-7-11-22)28-27(24)26-12-8-17-32-26/h5-8,10-17,19,21H,3-4,9,18H2,1-2H3. The number of ketones is 1. The summed E-state index contributed by atoms with van der Waals surface area (Å²) in [6.07, 6.45) is 5.70. The molecule has 0 aliphatic rings. The summed E-state index contributed by atoms with van der Waals surface area (Å²) in [6, 6.07) is 21.7. The average molecular weight is 445 g/mol. The molecule has 5 heteroatoms. The summed E-state index contributed by atoms with van der Waals surface area (Å²) in [5, 5.41) is 7.03. The van der Waals surface area contributed by atoms with E-state index in [4.69, 9.17) is 9.84 Å². The molecular weight excluding hydrogens is 416 g/mol. The van der Waals surface area contributed by atoms with Crippen molar-refractivity contribution in [3.05, 3.63) is 89.4 Å². The molecule has 164 valence electrons. The summed E-state index contributed by atoms with van der Waals surface area (Å²) in [4.78, 5) is 14.3. The maximum absolute atomic E-state index is 13.2. The van der Waals surface area contributed by atoms with E-state index < -0.39 is 0 Å². The Labute approximate surface area is 193 Å². The van der Waals surface area contributed by atoms with E-state index in [9.17, 15) is 4.79 Å². The Balaban J connectivity index is 1.70. The van der Waals surface area contributed by atoms with Gasteiger partial charge in [-0.15, -0.1) is 11.3 Å². The zero-order chi connectivity index (χ0) is 22.3. The van der Waals surface area contributed by atoms with Gasteiger partial charge in [0.2, 0.25) is 0 Å². The van der Waals surface area contributed by atoms with Gasteiger partial charge < -0.3 is 4.74 Å². The van der Waals surface area contributed by atoms with Crippen LogP contribution in [0.2, 0.25) is 0 Å². The summed E-state index contributed by atoms with van der Waals surface area (Å²) in [6.45, 7) is 2.19. The van der Waals surface area contributed by atoms with Crippen molar-refractivity contribution in [2.45, 2.75) is 38.5 Å². The van der Waals surface area contributed by atoms with Crippen molar-refractivity contribution in [1.82, 2.24) is 9.78 Å². The Morgan fingerprint density at radius 1 is 1.06 bits per heavy atom. The van der Waals surface area contributed by atoms with Gasteiger partial charge in [-0.2, -0.15) is 5.10 Å². The number of hydrogen-bond acceptors (Lipinski definition) is 4. The van der Waals surface area contributed by atoms with Crippen LogP contribution in [-0.4, -0.2) is 22.7 Å². The smallest absolute Gasteiger partial charge is 0.163 e. The van der Waals surface area contributed by atoms with E-state index in [1.807, 2.05) is 47.1 Å². The number of para-hydroxylation sites is 1. The Morgan fingerprint density at radius 2 is 1.84 bits per heavy atom. The van der Waals surface area contributed by atoms with Crippen LogP contribution < -0.4 is 4.74 Å². The Hall–Kier alpha value is -3.18. The number of ether oxygens (including phenoxy) is 1. The molecule has 0 bridgehead atoms. The van der Waals surface area contributed by atoms with Crippen LogP contribution in [0.25, 0.3) is 16.3 Å². The fourth-order valence-corrected chi connectivity index (χ4v) is 4.67. The molecule has 2 heterocycles. The van der Waals surface area contributed by atoms with Gasteiger partial charge in [0.25, 0.3) is 0 Å². The van der Waals surface area contributed by atoms with Crippen molar-refractivity contribution in [3.8, 4) is 22.0 Å². The van der Waals surface area contributed by atoms with Gasteiger partial charge in [0.1, 0.15) is 11.4 Å². The van der Waals surface area contributed by atoms with E-state index in [1.165, 1.54) is 0 Å². The van der Waals surface area contributed by atoms with Crippen molar-refractivity contribution in [2.24, 2.45) is 0 Å². The molecule has 0 aliphatic heterocycles. The molecule has 0 saturated heterocycles. The van der Waals surface area contributed by atoms with E-state index in [0.717, 1.165) is 52.4 Å². The van der Waals surface area contributed by atoms with Crippen molar-refractivity contribution >= 4 is 17.1 Å². The first-order valence-corrected chi connectivity index (χ1v) is 11.9. The van der Waals surface area contributed by atoms with Crippen LogP contribution in [0.15, 0.2) is 78.3 Å². The van der Waals surface area contributed by atoms with Gasteiger partial charge in [-0.1, -0.05) is 44.0 Å². The molecule has 2 aromatic carbocycles. The SMILES string of the molecule is CCCCC(CC(=O)c1ccc(OC)cc1)c1cn(-c2ccccc2)nc1-c1cccs1. The first-order valence-electron chi connectivity index (χ1n) is 11.1. The predicted molar refractivity (Wildman–Crippen MR) is 131 cm³/mol. The minimum atomic E-state index is 0.110. The van der Waals surface area contributed by atoms with E-state index in [1.54, 1.807) is 18.4 Å². The number of carbonyl (C=O) groups is 1. The van der Waals surface area contributed by atoms with Gasteiger partial charge in [-0.25, -0.2) is 4.68 Å². The van der Waals surface area contributed by atoms with Gasteiger partial charge in [-0.3, -0.25) is 4.79 Å². The molecule has 32 heavy (non-hydrogen) atoms. The highest BCUT2D eigenvalue weighted by Crippen LogP contribution is 2.37. The third kappa shape index (κ3) is 5.00. The molecule has 0 spiro atoms. The van der Waals surface area contributed by atoms with Crippen LogP contribution in [0.3, 0.4) is 0 Å². The van der Waals surface area contributed by atoms with Crippen LogP contribution in [0.5, 0.6) is 5.75 Å². The monoisotopic (exact) mass is 444 g/mol. The molecular formula is C27H28N2O2S. The number of unbranched alkanes of at least 4 members (excludes halogenated alkanes) is 1. The maximum Gasteiger partial charge on any atom is 0.163 e. The number of thiophene rings is 1. The van der Waals surface area contributed by atoms with Gasteiger partial charge in [0, 0.05) is 23.7 Å². The van der Waals surface area contributed by atoms with Gasteiger partial charge >= 0.3 is 0 Å². The second-order valence-corrected chi connectivity index (χ2v) is 8.83. The van der Waals surface area contributed by atoms with Gasteiger partial charge in [-0.05, 0) is 60.2 Å². The molecule has 4 aromatic rings. The molecule has 4 nitrogen and oxygen atoms in total. The normalized spacial score (nSPS) is 11.9. The molecule has 2 aromatic heterocycles. The van der Waals surface area contributed by atoms with E-state index in [0.29, 0.717) is 6.42 Å². The maximum atomic E-state index is 13.2. The van der Waals surface area contributed by atoms with Crippen molar-refractivity contribution in [2.75, 3.05) is 7.11 Å². The number of Topliss-reactive ketones (excluding diaryl/α,β-unsaturated/α-hetero) is 1. The zero-order valence-electron chi connectivity index (χ0n) is 18.5. The first-order chi connectivity index (χ1) is 15.7. The van der Waals surface area contributed by atoms with E-state index in [2.05, 4.69) is 42.8 Å². The fraction of sp³-hybridized carbons (Fsp3) is 0.259. The lowest BCUT2D eigenvalue weighted by Gasteiger charge is -2.16. The van der Waals surface area contributed by atoms with Crippen LogP contribution in [-0.2, 0) is 0 Å². The lowest BCUT2D eigenvalue weighted by Crippen LogP contribution is -2.08. The lowest BCUT2D eigenvalue weighted by atomic mass is 9.87. The minimum Gasteiger partial charge on any atom is -0.497 e. The highest BCUT2D eigenvalue weighted by atomic mass is 32.1. The largest absolute Gasteiger partial charge is 0.497 e. The second kappa shape index (κ2) is 10.4. The number of nitrogens with zero attached hydrogens (tertiary/aromatic N) is 2. The van der Waals surface area contributed by atoms with Gasteiger partial charge in [0.15, 0.2) is 5.78 Å². The third-order valence-electron chi connectivity index (χ3n) is 5.71. The number of aromatic nitrogens is 2. The zero-order valence-corrected chi connectivity index (χ0v) is 19.3. The summed E-state index contributed by atoms with van der Waals surface area (Å²) in [5.74, 6) is 1.02. The number of hydrogen-bond donors (Lipinski definition) is 0. The lowest BCUT2D eigenvalue weighted by molar-refractivity contribution is 0.0972. The minimum absolute atomic E-state index is 0.110. The highest BCUT2D eigenvalue weighted by molar-refractivity contribution is 7.13. The number of carbonyl (C=O) groups excluding carboxylic acids is 1. The number of methoxy groups -OCH3 is 1. The van der Waals surface area contributed by atoms with Crippen molar-refractivity contribution < 1.29 is 9.53 Å². The summed E-state index contributed by atoms with van der Waals surface area (Å²) in [7, 11) is 1.63. The van der Waals surface area contributed by atoms with Gasteiger partial charge in [0.05, 0.1) is 17.7 Å². The van der Waals surface area contributed by atoms with Crippen LogP contribution in [0, 0.1) is 0 Å². The summed E-state index contributed by atoms with van der Waals surface area (Å²) < 4.78 is 7.18. The molecule has 0 radical (unpaired) electrons. The van der Waals surface area contributed by atoms with Crippen LogP contribution in [0.4, 0.5) is 0 Å². The molecule has 0 aliphatic carbocycles. The van der Waals surface area contributed by atoms with Crippen molar-refractivity contribution in [1.29, 1.82) is 0 Å². The molecule has 0 fully saturated rings. The van der Waals surface area contributed by atoms with Crippen LogP contribution in [0.1, 0.15) is 54.4 Å². The highest BCUT2D eigenvalue weighted by Gasteiger charge is 2.24. The summed E-state index contributed by atoms with van der Waals surface area (Å²) >= 11 is 1.68. The number of benzene rings is 2. The topological polar surface area (TPSA) is 44.1 Å². The number of rotatable bonds is 10. The fourth-order valence-electron chi connectivity index (χ4n) is 3.94. The van der Waals surface area contributed by atoms with Crippen molar-refractivity contribution in [3.63, 3.8) is 0 Å². The third-order valence-corrected chi connectivity index (χ3v) is 6.58. The Bertz CT molecular complexity index is 1130. The molecule has 0 N–H and O–H groups in total. The molecule has 0 saturated carbocycles. The second-order valence-electron chi connectivity index (χ2n) is 7.89. The summed E-state index contributed by atoms with van der Waals surface area (Å²) in [5.41, 5.74) is 3.87. The van der Waals surface area contributed by atoms with E-state index >= 15 is 0 Å². The quantitative estimate of drug-likeness (QED) is 0.244. The molecule has 4 rings (SSSR count). The predicted octanol–water partition coefficient (Wildman–Crippen LogP) is 7.16. The molecule has 1 atom stereocenters. The van der Waals surface area contributed by atoms with E-state index in [-0.39, 0.29) is 11.7 Å². The average Bonchev–Trinajstić information content (AvgIpc) is 3.52. The molecule has 0 amide bonds.